The summed E-state index contributed by atoms with van der Waals surface area (Å²) in [4.78, 5) is 0. The van der Waals surface area contributed by atoms with Crippen molar-refractivity contribution in [3.8, 4) is 5.75 Å². The van der Waals surface area contributed by atoms with Crippen LogP contribution in [-0.4, -0.2) is 17.3 Å². The summed E-state index contributed by atoms with van der Waals surface area (Å²) in [5.41, 5.74) is -0.0963. The molecular weight excluding hydrogens is 183 g/mol. The fourth-order valence-corrected chi connectivity index (χ4v) is 0.988. The molecule has 0 aromatic heterocycles. The molecule has 0 aliphatic carbocycles. The third kappa shape index (κ3) is 2.70. The van der Waals surface area contributed by atoms with Gasteiger partial charge >= 0.3 is 0 Å². The first-order valence-electron chi connectivity index (χ1n) is 4.51. The molecule has 1 aromatic rings. The highest BCUT2D eigenvalue weighted by molar-refractivity contribution is 5.28. The van der Waals surface area contributed by atoms with Gasteiger partial charge in [-0.2, -0.15) is 0 Å². The van der Waals surface area contributed by atoms with E-state index in [4.69, 9.17) is 9.84 Å². The molecular formula is C11H15FO2. The van der Waals surface area contributed by atoms with Crippen molar-refractivity contribution in [2.45, 2.75) is 26.4 Å². The molecule has 0 radical (unpaired) electrons. The fourth-order valence-electron chi connectivity index (χ4n) is 0.988. The second-order valence-electron chi connectivity index (χ2n) is 3.93. The summed E-state index contributed by atoms with van der Waals surface area (Å²) in [5, 5.41) is 8.96. The van der Waals surface area contributed by atoms with Gasteiger partial charge in [-0.15, -0.1) is 0 Å². The number of benzene rings is 1. The summed E-state index contributed by atoms with van der Waals surface area (Å²) in [7, 11) is 0. The van der Waals surface area contributed by atoms with E-state index in [-0.39, 0.29) is 12.4 Å². The fraction of sp³-hybridized carbons (Fsp3) is 0.455. The molecule has 0 bridgehead atoms. The van der Waals surface area contributed by atoms with Crippen LogP contribution in [0.1, 0.15) is 19.4 Å². The molecule has 0 atom stereocenters. The Morgan fingerprint density at radius 2 is 2.07 bits per heavy atom. The van der Waals surface area contributed by atoms with Crippen LogP contribution in [0.4, 0.5) is 4.39 Å². The van der Waals surface area contributed by atoms with Gasteiger partial charge in [-0.05, 0) is 32.4 Å². The number of ether oxygens (including phenoxy) is 1. The van der Waals surface area contributed by atoms with Gasteiger partial charge in [0.25, 0.3) is 0 Å². The van der Waals surface area contributed by atoms with Crippen LogP contribution in [0, 0.1) is 12.7 Å². The van der Waals surface area contributed by atoms with E-state index < -0.39 is 5.60 Å². The van der Waals surface area contributed by atoms with Gasteiger partial charge in [0.2, 0.25) is 0 Å². The zero-order valence-electron chi connectivity index (χ0n) is 8.67. The van der Waals surface area contributed by atoms with Crippen molar-refractivity contribution < 1.29 is 14.2 Å². The SMILES string of the molecule is Cc1ccc(OC(C)(C)CO)cc1F. The predicted molar refractivity (Wildman–Crippen MR) is 52.9 cm³/mol. The predicted octanol–water partition coefficient (Wildman–Crippen LogP) is 2.28. The van der Waals surface area contributed by atoms with E-state index in [9.17, 15) is 4.39 Å². The van der Waals surface area contributed by atoms with E-state index in [1.807, 2.05) is 0 Å². The maximum Gasteiger partial charge on any atom is 0.129 e. The Kier molecular flexibility index (Phi) is 3.11. The maximum atomic E-state index is 13.1. The topological polar surface area (TPSA) is 29.5 Å². The molecule has 0 amide bonds. The number of aliphatic hydroxyl groups excluding tert-OH is 1. The van der Waals surface area contributed by atoms with Gasteiger partial charge < -0.3 is 9.84 Å². The van der Waals surface area contributed by atoms with Crippen LogP contribution >= 0.6 is 0 Å². The van der Waals surface area contributed by atoms with Gasteiger partial charge in [0, 0.05) is 6.07 Å². The van der Waals surface area contributed by atoms with E-state index in [0.29, 0.717) is 11.3 Å². The average molecular weight is 198 g/mol. The summed E-state index contributed by atoms with van der Waals surface area (Å²) >= 11 is 0. The lowest BCUT2D eigenvalue weighted by molar-refractivity contribution is 0.0410. The number of halogens is 1. The maximum absolute atomic E-state index is 13.1. The largest absolute Gasteiger partial charge is 0.485 e. The van der Waals surface area contributed by atoms with Crippen LogP contribution in [0.3, 0.4) is 0 Å². The summed E-state index contributed by atoms with van der Waals surface area (Å²) < 4.78 is 18.5. The molecule has 78 valence electrons. The Labute approximate surface area is 83.3 Å². The normalized spacial score (nSPS) is 11.5. The number of aryl methyl sites for hydroxylation is 1. The lowest BCUT2D eigenvalue weighted by Gasteiger charge is -2.23. The molecule has 2 nitrogen and oxygen atoms in total. The second kappa shape index (κ2) is 3.96. The van der Waals surface area contributed by atoms with Crippen LogP contribution in [0.5, 0.6) is 5.75 Å². The zero-order valence-corrected chi connectivity index (χ0v) is 8.67. The minimum atomic E-state index is -0.679. The Morgan fingerprint density at radius 1 is 1.43 bits per heavy atom. The van der Waals surface area contributed by atoms with Crippen LogP contribution in [-0.2, 0) is 0 Å². The molecule has 0 spiro atoms. The summed E-state index contributed by atoms with van der Waals surface area (Å²) in [6.45, 7) is 5.06. The highest BCUT2D eigenvalue weighted by Crippen LogP contribution is 2.20. The van der Waals surface area contributed by atoms with E-state index in [0.717, 1.165) is 0 Å². The highest BCUT2D eigenvalue weighted by Gasteiger charge is 2.18. The van der Waals surface area contributed by atoms with E-state index in [1.165, 1.54) is 6.07 Å². The smallest absolute Gasteiger partial charge is 0.129 e. The molecule has 0 unspecified atom stereocenters. The van der Waals surface area contributed by atoms with Crippen molar-refractivity contribution in [3.05, 3.63) is 29.6 Å². The molecule has 0 aliphatic heterocycles. The van der Waals surface area contributed by atoms with Gasteiger partial charge in [0.05, 0.1) is 6.61 Å². The van der Waals surface area contributed by atoms with E-state index >= 15 is 0 Å². The van der Waals surface area contributed by atoms with Crippen LogP contribution < -0.4 is 4.74 Å². The van der Waals surface area contributed by atoms with Crippen molar-refractivity contribution in [3.63, 3.8) is 0 Å². The number of rotatable bonds is 3. The highest BCUT2D eigenvalue weighted by atomic mass is 19.1. The molecule has 0 heterocycles. The first-order chi connectivity index (χ1) is 6.44. The van der Waals surface area contributed by atoms with Gasteiger partial charge in [-0.1, -0.05) is 6.07 Å². The van der Waals surface area contributed by atoms with Gasteiger partial charge in [-0.25, -0.2) is 4.39 Å². The van der Waals surface area contributed by atoms with Crippen molar-refractivity contribution in [1.29, 1.82) is 0 Å². The molecule has 3 heteroatoms. The number of hydrogen-bond donors (Lipinski definition) is 1. The lowest BCUT2D eigenvalue weighted by Crippen LogP contribution is -2.32. The Hall–Kier alpha value is -1.09. The van der Waals surface area contributed by atoms with Crippen LogP contribution in [0.2, 0.25) is 0 Å². The van der Waals surface area contributed by atoms with Gasteiger partial charge in [0.15, 0.2) is 0 Å². The Balaban J connectivity index is 2.83. The molecule has 0 fully saturated rings. The summed E-state index contributed by atoms with van der Waals surface area (Å²) in [6, 6.07) is 4.67. The summed E-state index contributed by atoms with van der Waals surface area (Å²) in [6.07, 6.45) is 0. The van der Waals surface area contributed by atoms with E-state index in [1.54, 1.807) is 32.9 Å². The molecule has 14 heavy (non-hydrogen) atoms. The molecule has 1 N–H and O–H groups in total. The van der Waals surface area contributed by atoms with Crippen molar-refractivity contribution in [1.82, 2.24) is 0 Å². The third-order valence-electron chi connectivity index (χ3n) is 1.92. The summed E-state index contributed by atoms with van der Waals surface area (Å²) in [5.74, 6) is 0.142. The molecule has 1 rings (SSSR count). The third-order valence-corrected chi connectivity index (χ3v) is 1.92. The quantitative estimate of drug-likeness (QED) is 0.807. The first kappa shape index (κ1) is 11.0. The second-order valence-corrected chi connectivity index (χ2v) is 3.93. The Bertz CT molecular complexity index is 321. The molecule has 0 aliphatic rings. The average Bonchev–Trinajstić information content (AvgIpc) is 2.11. The standard InChI is InChI=1S/C11H15FO2/c1-8-4-5-9(6-10(8)12)14-11(2,3)7-13/h4-6,13H,7H2,1-3H3. The minimum Gasteiger partial charge on any atom is -0.485 e. The van der Waals surface area contributed by atoms with Gasteiger partial charge in [-0.3, -0.25) is 0 Å². The Morgan fingerprint density at radius 3 is 2.57 bits per heavy atom. The number of aliphatic hydroxyl groups is 1. The minimum absolute atomic E-state index is 0.109. The molecule has 0 saturated carbocycles. The lowest BCUT2D eigenvalue weighted by atomic mass is 10.1. The van der Waals surface area contributed by atoms with Crippen LogP contribution in [0.25, 0.3) is 0 Å². The van der Waals surface area contributed by atoms with Crippen molar-refractivity contribution >= 4 is 0 Å². The molecule has 0 saturated heterocycles. The monoisotopic (exact) mass is 198 g/mol. The van der Waals surface area contributed by atoms with Crippen molar-refractivity contribution in [2.24, 2.45) is 0 Å². The van der Waals surface area contributed by atoms with Gasteiger partial charge in [0.1, 0.15) is 17.2 Å². The zero-order chi connectivity index (χ0) is 10.8. The molecule has 1 aromatic carbocycles. The van der Waals surface area contributed by atoms with Crippen LogP contribution in [0.15, 0.2) is 18.2 Å². The van der Waals surface area contributed by atoms with E-state index in [2.05, 4.69) is 0 Å². The van der Waals surface area contributed by atoms with Crippen molar-refractivity contribution in [2.75, 3.05) is 6.61 Å². The number of hydrogen-bond acceptors (Lipinski definition) is 2. The first-order valence-corrected chi connectivity index (χ1v) is 4.51.